The van der Waals surface area contributed by atoms with Crippen LogP contribution < -0.4 is 15.4 Å². The fraction of sp³-hybridized carbons (Fsp3) is 0.200. The number of amides is 2. The van der Waals surface area contributed by atoms with Crippen molar-refractivity contribution in [3.8, 4) is 17.7 Å². The standard InChI is InChI=1S/C20H19N3O3/c1-26-18-10-11-22-16(18)13-15-14-7-4-5-8-17(14)23(20(15)25)12-6-2-3-9-19(21)24/h4-5,7-8,10-11,13,22H,2-3,9H2,1H3,(H2,21,24)/b15-13-. The van der Waals surface area contributed by atoms with Gasteiger partial charge in [0.2, 0.25) is 5.91 Å². The summed E-state index contributed by atoms with van der Waals surface area (Å²) in [5.41, 5.74) is 7.96. The average Bonchev–Trinajstić information content (AvgIpc) is 3.19. The number of para-hydroxylation sites is 1. The van der Waals surface area contributed by atoms with E-state index in [-0.39, 0.29) is 18.2 Å². The summed E-state index contributed by atoms with van der Waals surface area (Å²) in [6, 6.07) is 12.2. The first kappa shape index (κ1) is 17.4. The minimum absolute atomic E-state index is 0.190. The predicted octanol–water partition coefficient (Wildman–Crippen LogP) is 2.53. The third-order valence-corrected chi connectivity index (χ3v) is 4.03. The van der Waals surface area contributed by atoms with Crippen LogP contribution >= 0.6 is 0 Å². The Balaban J connectivity index is 1.89. The predicted molar refractivity (Wildman–Crippen MR) is 100.0 cm³/mol. The minimum atomic E-state index is -0.348. The van der Waals surface area contributed by atoms with Gasteiger partial charge in [0.25, 0.3) is 5.91 Å². The van der Waals surface area contributed by atoms with Crippen molar-refractivity contribution in [1.29, 1.82) is 0 Å². The number of aromatic nitrogens is 1. The number of unbranched alkanes of at least 4 members (excludes halogenated alkanes) is 1. The molecule has 1 aliphatic rings. The van der Waals surface area contributed by atoms with E-state index in [2.05, 4.69) is 16.9 Å². The molecule has 6 heteroatoms. The number of benzene rings is 1. The van der Waals surface area contributed by atoms with Crippen molar-refractivity contribution < 1.29 is 14.3 Å². The van der Waals surface area contributed by atoms with E-state index in [0.717, 1.165) is 16.9 Å². The van der Waals surface area contributed by atoms with E-state index in [9.17, 15) is 9.59 Å². The van der Waals surface area contributed by atoms with E-state index in [4.69, 9.17) is 10.5 Å². The highest BCUT2D eigenvalue weighted by molar-refractivity contribution is 6.36. The number of carbonyl (C=O) groups excluding carboxylic acids is 2. The Morgan fingerprint density at radius 1 is 1.35 bits per heavy atom. The van der Waals surface area contributed by atoms with Crippen LogP contribution in [0.25, 0.3) is 11.6 Å². The molecule has 1 aromatic carbocycles. The third-order valence-electron chi connectivity index (χ3n) is 4.03. The molecule has 0 saturated heterocycles. The fourth-order valence-corrected chi connectivity index (χ4v) is 2.78. The first-order valence-corrected chi connectivity index (χ1v) is 8.25. The van der Waals surface area contributed by atoms with Crippen LogP contribution in [0, 0.1) is 12.0 Å². The van der Waals surface area contributed by atoms with E-state index in [1.807, 2.05) is 24.3 Å². The van der Waals surface area contributed by atoms with Gasteiger partial charge in [0.05, 0.1) is 24.1 Å². The van der Waals surface area contributed by atoms with Crippen LogP contribution in [0.15, 0.2) is 36.5 Å². The van der Waals surface area contributed by atoms with Gasteiger partial charge in [0.1, 0.15) is 5.75 Å². The van der Waals surface area contributed by atoms with Gasteiger partial charge in [-0.1, -0.05) is 24.1 Å². The number of nitrogens with zero attached hydrogens (tertiary/aromatic N) is 1. The Labute approximate surface area is 151 Å². The first-order valence-electron chi connectivity index (χ1n) is 8.25. The zero-order valence-electron chi connectivity index (χ0n) is 14.4. The second-order valence-electron chi connectivity index (χ2n) is 5.78. The molecule has 2 heterocycles. The lowest BCUT2D eigenvalue weighted by Gasteiger charge is -2.07. The van der Waals surface area contributed by atoms with Gasteiger partial charge in [-0.25, -0.2) is 4.90 Å². The molecule has 0 unspecified atom stereocenters. The lowest BCUT2D eigenvalue weighted by atomic mass is 10.1. The summed E-state index contributed by atoms with van der Waals surface area (Å²) >= 11 is 0. The molecule has 26 heavy (non-hydrogen) atoms. The van der Waals surface area contributed by atoms with Crippen molar-refractivity contribution >= 4 is 29.2 Å². The number of fused-ring (bicyclic) bond motifs is 1. The van der Waals surface area contributed by atoms with Crippen LogP contribution in [0.3, 0.4) is 0 Å². The molecule has 2 aromatic rings. The maximum absolute atomic E-state index is 12.9. The molecule has 0 bridgehead atoms. The van der Waals surface area contributed by atoms with E-state index in [1.54, 1.807) is 25.4 Å². The Kier molecular flexibility index (Phi) is 5.09. The highest BCUT2D eigenvalue weighted by atomic mass is 16.5. The maximum atomic E-state index is 12.9. The number of hydrogen-bond acceptors (Lipinski definition) is 3. The van der Waals surface area contributed by atoms with Gasteiger partial charge in [-0.05, 0) is 24.6 Å². The molecular formula is C20H19N3O3. The fourth-order valence-electron chi connectivity index (χ4n) is 2.78. The van der Waals surface area contributed by atoms with Gasteiger partial charge in [-0.2, -0.15) is 0 Å². The van der Waals surface area contributed by atoms with Crippen LogP contribution in [-0.4, -0.2) is 23.9 Å². The summed E-state index contributed by atoms with van der Waals surface area (Å²) in [4.78, 5) is 28.2. The molecule has 0 fully saturated rings. The molecule has 1 aliphatic heterocycles. The number of methoxy groups -OCH3 is 1. The molecule has 0 saturated carbocycles. The lowest BCUT2D eigenvalue weighted by molar-refractivity contribution is -0.118. The van der Waals surface area contributed by atoms with E-state index >= 15 is 0 Å². The number of nitrogens with one attached hydrogen (secondary N) is 1. The normalized spacial score (nSPS) is 14.1. The van der Waals surface area contributed by atoms with Crippen molar-refractivity contribution in [2.45, 2.75) is 19.3 Å². The van der Waals surface area contributed by atoms with Crippen molar-refractivity contribution in [2.24, 2.45) is 5.73 Å². The van der Waals surface area contributed by atoms with Crippen LogP contribution in [0.4, 0.5) is 5.69 Å². The van der Waals surface area contributed by atoms with Gasteiger partial charge in [0.15, 0.2) is 0 Å². The molecule has 0 aliphatic carbocycles. The SMILES string of the molecule is COc1cc[nH]c1/C=C1\C(=O)N(C#CCCCC(N)=O)c2ccccc21. The molecule has 3 rings (SSSR count). The zero-order chi connectivity index (χ0) is 18.5. The van der Waals surface area contributed by atoms with Gasteiger partial charge in [-0.15, -0.1) is 0 Å². The van der Waals surface area contributed by atoms with Crippen LogP contribution in [0.2, 0.25) is 0 Å². The molecule has 1 aromatic heterocycles. The second-order valence-corrected chi connectivity index (χ2v) is 5.78. The Bertz CT molecular complexity index is 931. The summed E-state index contributed by atoms with van der Waals surface area (Å²) in [7, 11) is 1.58. The second kappa shape index (κ2) is 7.62. The summed E-state index contributed by atoms with van der Waals surface area (Å²) in [5.74, 6) is 3.07. The third kappa shape index (κ3) is 3.47. The molecule has 0 radical (unpaired) electrons. The number of anilines is 1. The molecule has 2 amide bonds. The maximum Gasteiger partial charge on any atom is 0.270 e. The first-order chi connectivity index (χ1) is 12.6. The lowest BCUT2D eigenvalue weighted by Crippen LogP contribution is -2.20. The number of nitrogens with two attached hydrogens (primary N) is 1. The van der Waals surface area contributed by atoms with E-state index in [1.165, 1.54) is 4.90 Å². The van der Waals surface area contributed by atoms with Gasteiger partial charge in [0, 0.05) is 30.6 Å². The molecule has 0 spiro atoms. The zero-order valence-corrected chi connectivity index (χ0v) is 14.4. The van der Waals surface area contributed by atoms with E-state index in [0.29, 0.717) is 24.2 Å². The number of rotatable bonds is 5. The largest absolute Gasteiger partial charge is 0.495 e. The number of H-pyrrole nitrogens is 1. The van der Waals surface area contributed by atoms with Crippen LogP contribution in [0.5, 0.6) is 5.75 Å². The van der Waals surface area contributed by atoms with E-state index < -0.39 is 0 Å². The Morgan fingerprint density at radius 2 is 2.15 bits per heavy atom. The molecule has 3 N–H and O–H groups in total. The molecule has 6 nitrogen and oxygen atoms in total. The monoisotopic (exact) mass is 349 g/mol. The Hall–Kier alpha value is -3.46. The summed E-state index contributed by atoms with van der Waals surface area (Å²) in [6.07, 6.45) is 4.89. The molecule has 132 valence electrons. The quantitative estimate of drug-likeness (QED) is 0.494. The van der Waals surface area contributed by atoms with Crippen molar-refractivity contribution in [3.63, 3.8) is 0 Å². The topological polar surface area (TPSA) is 88.4 Å². The minimum Gasteiger partial charge on any atom is -0.495 e. The Morgan fingerprint density at radius 3 is 2.92 bits per heavy atom. The average molecular weight is 349 g/mol. The number of aromatic amines is 1. The summed E-state index contributed by atoms with van der Waals surface area (Å²) in [6.45, 7) is 0. The van der Waals surface area contributed by atoms with Crippen LogP contribution in [0.1, 0.15) is 30.5 Å². The number of carbonyl (C=O) groups is 2. The smallest absolute Gasteiger partial charge is 0.270 e. The molecular weight excluding hydrogens is 330 g/mol. The highest BCUT2D eigenvalue weighted by Gasteiger charge is 2.31. The van der Waals surface area contributed by atoms with Gasteiger partial charge >= 0.3 is 0 Å². The number of hydrogen-bond donors (Lipinski definition) is 2. The highest BCUT2D eigenvalue weighted by Crippen LogP contribution is 2.37. The number of ether oxygens (including phenoxy) is 1. The summed E-state index contributed by atoms with van der Waals surface area (Å²) < 4.78 is 5.29. The van der Waals surface area contributed by atoms with Gasteiger partial charge in [-0.3, -0.25) is 9.59 Å². The van der Waals surface area contributed by atoms with Crippen molar-refractivity contribution in [1.82, 2.24) is 4.98 Å². The van der Waals surface area contributed by atoms with Gasteiger partial charge < -0.3 is 15.5 Å². The van der Waals surface area contributed by atoms with Crippen molar-refractivity contribution in [2.75, 3.05) is 12.0 Å². The van der Waals surface area contributed by atoms with Crippen molar-refractivity contribution in [3.05, 3.63) is 47.8 Å². The summed E-state index contributed by atoms with van der Waals surface area (Å²) in [5, 5.41) is 0. The number of primary amides is 1. The van der Waals surface area contributed by atoms with Crippen LogP contribution in [-0.2, 0) is 9.59 Å². The molecule has 0 atom stereocenters.